The Morgan fingerprint density at radius 2 is 1.72 bits per heavy atom. The molecule has 3 aromatic rings. The number of fused-ring (bicyclic) bond motifs is 1. The monoisotopic (exact) mass is 412 g/mol. The van der Waals surface area contributed by atoms with Crippen molar-refractivity contribution < 1.29 is 13.9 Å². The first kappa shape index (κ1) is 20.3. The zero-order valence-corrected chi connectivity index (χ0v) is 17.4. The molecule has 1 heterocycles. The molecule has 3 aromatic carbocycles. The smallest absolute Gasteiger partial charge is 0.183 e. The lowest BCUT2D eigenvalue weighted by Crippen LogP contribution is -2.26. The van der Waals surface area contributed by atoms with Crippen LogP contribution < -0.4 is 0 Å². The summed E-state index contributed by atoms with van der Waals surface area (Å²) < 4.78 is 26.9. The molecule has 152 valence electrons. The minimum Gasteiger partial charge on any atom is -0.348 e. The standard InChI is InChI=1S/C25H26ClFO2/c1-2-3-18-15-28-25(29-16-18)21-10-13-23-20(14-21)9-8-19(24(23)27)7-4-17-5-11-22(26)12-6-17/h5-6,8-14,18,25H,2-4,7,15-16H2,1H3. The van der Waals surface area contributed by atoms with E-state index in [1.807, 2.05) is 54.6 Å². The van der Waals surface area contributed by atoms with E-state index in [1.54, 1.807) is 0 Å². The molecule has 1 saturated heterocycles. The van der Waals surface area contributed by atoms with Crippen LogP contribution in [0, 0.1) is 11.7 Å². The molecule has 0 amide bonds. The summed E-state index contributed by atoms with van der Waals surface area (Å²) in [5, 5.41) is 2.23. The van der Waals surface area contributed by atoms with Gasteiger partial charge in [-0.25, -0.2) is 4.39 Å². The van der Waals surface area contributed by atoms with Crippen LogP contribution in [0.3, 0.4) is 0 Å². The van der Waals surface area contributed by atoms with E-state index in [0.29, 0.717) is 36.0 Å². The fraction of sp³-hybridized carbons (Fsp3) is 0.360. The third-order valence-corrected chi connectivity index (χ3v) is 5.84. The Morgan fingerprint density at radius 3 is 2.45 bits per heavy atom. The maximum atomic E-state index is 15.1. The lowest BCUT2D eigenvalue weighted by molar-refractivity contribution is -0.206. The molecule has 2 nitrogen and oxygen atoms in total. The molecule has 1 aliphatic rings. The lowest BCUT2D eigenvalue weighted by atomic mass is 9.98. The van der Waals surface area contributed by atoms with Gasteiger partial charge in [0.15, 0.2) is 6.29 Å². The van der Waals surface area contributed by atoms with Gasteiger partial charge in [0.1, 0.15) is 5.82 Å². The van der Waals surface area contributed by atoms with E-state index in [2.05, 4.69) is 6.92 Å². The number of hydrogen-bond acceptors (Lipinski definition) is 2. The van der Waals surface area contributed by atoms with Crippen LogP contribution in [0.2, 0.25) is 5.02 Å². The van der Waals surface area contributed by atoms with Crippen LogP contribution in [-0.4, -0.2) is 13.2 Å². The summed E-state index contributed by atoms with van der Waals surface area (Å²) >= 11 is 5.93. The van der Waals surface area contributed by atoms with Crippen LogP contribution >= 0.6 is 11.6 Å². The number of rotatable bonds is 6. The third-order valence-electron chi connectivity index (χ3n) is 5.59. The molecule has 0 N–H and O–H groups in total. The van der Waals surface area contributed by atoms with Crippen molar-refractivity contribution >= 4 is 22.4 Å². The number of aryl methyl sites for hydroxylation is 2. The Balaban J connectivity index is 1.47. The summed E-state index contributed by atoms with van der Waals surface area (Å²) in [5.41, 5.74) is 2.82. The van der Waals surface area contributed by atoms with E-state index in [9.17, 15) is 0 Å². The predicted octanol–water partition coefficient (Wildman–Crippen LogP) is 6.88. The number of ether oxygens (including phenoxy) is 2. The highest BCUT2D eigenvalue weighted by molar-refractivity contribution is 6.30. The Morgan fingerprint density at radius 1 is 0.966 bits per heavy atom. The maximum Gasteiger partial charge on any atom is 0.183 e. The zero-order valence-electron chi connectivity index (χ0n) is 16.7. The van der Waals surface area contributed by atoms with Gasteiger partial charge in [-0.05, 0) is 54.0 Å². The first-order valence-corrected chi connectivity index (χ1v) is 10.7. The highest BCUT2D eigenvalue weighted by Crippen LogP contribution is 2.30. The molecule has 0 bridgehead atoms. The highest BCUT2D eigenvalue weighted by atomic mass is 35.5. The second-order valence-corrected chi connectivity index (χ2v) is 8.24. The minimum absolute atomic E-state index is 0.142. The fourth-order valence-electron chi connectivity index (χ4n) is 3.94. The van der Waals surface area contributed by atoms with E-state index in [1.165, 1.54) is 0 Å². The maximum absolute atomic E-state index is 15.1. The Bertz CT molecular complexity index is 962. The summed E-state index contributed by atoms with van der Waals surface area (Å²) in [6.07, 6.45) is 3.32. The highest BCUT2D eigenvalue weighted by Gasteiger charge is 2.23. The van der Waals surface area contributed by atoms with Gasteiger partial charge in [-0.3, -0.25) is 0 Å². The normalized spacial score (nSPS) is 19.6. The molecule has 1 aliphatic heterocycles. The van der Waals surface area contributed by atoms with Gasteiger partial charge in [0.25, 0.3) is 0 Å². The molecule has 0 radical (unpaired) electrons. The van der Waals surface area contributed by atoms with Gasteiger partial charge in [-0.15, -0.1) is 0 Å². The van der Waals surface area contributed by atoms with Crippen molar-refractivity contribution in [2.45, 2.75) is 38.9 Å². The SMILES string of the molecule is CCCC1COC(c2ccc3c(F)c(CCc4ccc(Cl)cc4)ccc3c2)OC1. The van der Waals surface area contributed by atoms with Crippen molar-refractivity contribution in [3.05, 3.63) is 82.1 Å². The molecule has 29 heavy (non-hydrogen) atoms. The van der Waals surface area contributed by atoms with Crippen molar-refractivity contribution in [2.24, 2.45) is 5.92 Å². The van der Waals surface area contributed by atoms with Gasteiger partial charge >= 0.3 is 0 Å². The summed E-state index contributed by atoms with van der Waals surface area (Å²) in [4.78, 5) is 0. The molecular weight excluding hydrogens is 387 g/mol. The number of benzene rings is 3. The van der Waals surface area contributed by atoms with E-state index in [-0.39, 0.29) is 12.1 Å². The van der Waals surface area contributed by atoms with Gasteiger partial charge in [-0.1, -0.05) is 61.3 Å². The van der Waals surface area contributed by atoms with Crippen molar-refractivity contribution in [2.75, 3.05) is 13.2 Å². The molecule has 4 rings (SSSR count). The van der Waals surface area contributed by atoms with Gasteiger partial charge in [0, 0.05) is 21.9 Å². The molecule has 0 unspecified atom stereocenters. The van der Waals surface area contributed by atoms with Gasteiger partial charge in [-0.2, -0.15) is 0 Å². The molecule has 0 aliphatic carbocycles. The van der Waals surface area contributed by atoms with Crippen LogP contribution in [0.5, 0.6) is 0 Å². The molecule has 1 fully saturated rings. The number of halogens is 2. The second-order valence-electron chi connectivity index (χ2n) is 7.80. The Hall–Kier alpha value is -1.94. The van der Waals surface area contributed by atoms with Crippen molar-refractivity contribution in [3.63, 3.8) is 0 Å². The van der Waals surface area contributed by atoms with E-state index >= 15 is 4.39 Å². The quantitative estimate of drug-likeness (QED) is 0.439. The van der Waals surface area contributed by atoms with Gasteiger partial charge in [0.05, 0.1) is 13.2 Å². The first-order valence-electron chi connectivity index (χ1n) is 10.3. The van der Waals surface area contributed by atoms with Crippen LogP contribution in [-0.2, 0) is 22.3 Å². The number of hydrogen-bond donors (Lipinski definition) is 0. The van der Waals surface area contributed by atoms with E-state index < -0.39 is 0 Å². The molecule has 4 heteroatoms. The largest absolute Gasteiger partial charge is 0.348 e. The fourth-order valence-corrected chi connectivity index (χ4v) is 4.06. The Labute approximate surface area is 176 Å². The van der Waals surface area contributed by atoms with Crippen LogP contribution in [0.15, 0.2) is 54.6 Å². The van der Waals surface area contributed by atoms with Crippen molar-refractivity contribution in [1.29, 1.82) is 0 Å². The van der Waals surface area contributed by atoms with Crippen LogP contribution in [0.1, 0.15) is 42.7 Å². The lowest BCUT2D eigenvalue weighted by Gasteiger charge is -2.29. The summed E-state index contributed by atoms with van der Waals surface area (Å²) in [6.45, 7) is 3.61. The van der Waals surface area contributed by atoms with E-state index in [4.69, 9.17) is 21.1 Å². The molecule has 0 spiro atoms. The second kappa shape index (κ2) is 9.25. The van der Waals surface area contributed by atoms with Gasteiger partial charge in [0.2, 0.25) is 0 Å². The molecule has 0 saturated carbocycles. The van der Waals surface area contributed by atoms with Crippen molar-refractivity contribution in [3.8, 4) is 0 Å². The van der Waals surface area contributed by atoms with Crippen LogP contribution in [0.25, 0.3) is 10.8 Å². The third kappa shape index (κ3) is 4.80. The summed E-state index contributed by atoms with van der Waals surface area (Å²) in [6, 6.07) is 17.3. The average molecular weight is 413 g/mol. The molecular formula is C25H26ClFO2. The topological polar surface area (TPSA) is 18.5 Å². The first-order chi connectivity index (χ1) is 14.1. The zero-order chi connectivity index (χ0) is 20.2. The summed E-state index contributed by atoms with van der Waals surface area (Å²) in [7, 11) is 0. The van der Waals surface area contributed by atoms with E-state index in [0.717, 1.165) is 41.3 Å². The molecule has 0 atom stereocenters. The Kier molecular flexibility index (Phi) is 6.49. The predicted molar refractivity (Wildman–Crippen MR) is 116 cm³/mol. The van der Waals surface area contributed by atoms with Crippen molar-refractivity contribution in [1.82, 2.24) is 0 Å². The minimum atomic E-state index is -0.361. The summed E-state index contributed by atoms with van der Waals surface area (Å²) in [5.74, 6) is 0.328. The molecule has 0 aromatic heterocycles. The van der Waals surface area contributed by atoms with Crippen LogP contribution in [0.4, 0.5) is 4.39 Å². The average Bonchev–Trinajstić information content (AvgIpc) is 2.75. The van der Waals surface area contributed by atoms with Gasteiger partial charge < -0.3 is 9.47 Å².